The summed E-state index contributed by atoms with van der Waals surface area (Å²) in [4.78, 5) is 4.87. The van der Waals surface area contributed by atoms with E-state index >= 15 is 0 Å². The van der Waals surface area contributed by atoms with Gasteiger partial charge < -0.3 is 10.6 Å². The number of piperazine rings is 1. The Morgan fingerprint density at radius 1 is 1.24 bits per heavy atom. The molecule has 0 aromatic heterocycles. The fourth-order valence-electron chi connectivity index (χ4n) is 2.74. The van der Waals surface area contributed by atoms with E-state index in [1.165, 1.54) is 16.8 Å². The van der Waals surface area contributed by atoms with Crippen LogP contribution in [0.5, 0.6) is 0 Å². The molecule has 0 bridgehead atoms. The van der Waals surface area contributed by atoms with Gasteiger partial charge >= 0.3 is 0 Å². The maximum atomic E-state index is 8.97. The molecule has 0 saturated carbocycles. The van der Waals surface area contributed by atoms with E-state index in [9.17, 15) is 0 Å². The summed E-state index contributed by atoms with van der Waals surface area (Å²) >= 11 is 0. The molecule has 0 spiro atoms. The van der Waals surface area contributed by atoms with E-state index in [-0.39, 0.29) is 0 Å². The first-order valence-corrected chi connectivity index (χ1v) is 7.66. The van der Waals surface area contributed by atoms with E-state index in [2.05, 4.69) is 47.9 Å². The first kappa shape index (κ1) is 15.8. The van der Waals surface area contributed by atoms with Crippen molar-refractivity contribution < 1.29 is 0 Å². The monoisotopic (exact) mass is 286 g/mol. The zero-order valence-electron chi connectivity index (χ0n) is 13.4. The lowest BCUT2D eigenvalue weighted by Gasteiger charge is -2.37. The Bertz CT molecular complexity index is 522. The predicted octanol–water partition coefficient (Wildman–Crippen LogP) is 2.06. The highest BCUT2D eigenvalue weighted by molar-refractivity contribution is 5.56. The number of benzene rings is 1. The summed E-state index contributed by atoms with van der Waals surface area (Å²) in [6.45, 7) is 11.2. The Kier molecular flexibility index (Phi) is 4.87. The van der Waals surface area contributed by atoms with Crippen LogP contribution in [0.3, 0.4) is 0 Å². The highest BCUT2D eigenvalue weighted by atomic mass is 15.3. The van der Waals surface area contributed by atoms with Gasteiger partial charge in [0.25, 0.3) is 0 Å². The smallest absolute Gasteiger partial charge is 0.102 e. The first-order chi connectivity index (χ1) is 9.93. The van der Waals surface area contributed by atoms with Gasteiger partial charge in [0.2, 0.25) is 0 Å². The summed E-state index contributed by atoms with van der Waals surface area (Å²) in [5.74, 6) is 0. The molecule has 1 fully saturated rings. The predicted molar refractivity (Wildman–Crippen MR) is 87.4 cm³/mol. The molecular formula is C17H26N4. The lowest BCUT2D eigenvalue weighted by molar-refractivity contribution is 0.242. The molecule has 0 aliphatic carbocycles. The average Bonchev–Trinajstić information content (AvgIpc) is 2.49. The number of nitrogens with two attached hydrogens (primary N) is 1. The van der Waals surface area contributed by atoms with Gasteiger partial charge in [0.1, 0.15) is 5.54 Å². The Labute approximate surface area is 128 Å². The van der Waals surface area contributed by atoms with Gasteiger partial charge in [0, 0.05) is 38.4 Å². The van der Waals surface area contributed by atoms with Crippen molar-refractivity contribution in [3.8, 4) is 6.07 Å². The minimum atomic E-state index is -0.704. The molecule has 1 aromatic carbocycles. The molecule has 2 N–H and O–H groups in total. The minimum absolute atomic E-state index is 0.704. The van der Waals surface area contributed by atoms with Crippen LogP contribution in [0, 0.1) is 25.2 Å². The summed E-state index contributed by atoms with van der Waals surface area (Å²) in [6, 6.07) is 8.68. The summed E-state index contributed by atoms with van der Waals surface area (Å²) in [5.41, 5.74) is 9.27. The molecule has 1 heterocycles. The number of nitrogens with zero attached hydrogens (tertiary/aromatic N) is 3. The van der Waals surface area contributed by atoms with Gasteiger partial charge in [-0.25, -0.2) is 0 Å². The van der Waals surface area contributed by atoms with Crippen LogP contribution < -0.4 is 10.6 Å². The van der Waals surface area contributed by atoms with Crippen LogP contribution in [0.25, 0.3) is 0 Å². The van der Waals surface area contributed by atoms with Crippen molar-refractivity contribution in [1.29, 1.82) is 5.26 Å². The van der Waals surface area contributed by atoms with Crippen LogP contribution in [0.2, 0.25) is 0 Å². The molecule has 21 heavy (non-hydrogen) atoms. The van der Waals surface area contributed by atoms with Crippen molar-refractivity contribution in [2.45, 2.75) is 32.7 Å². The van der Waals surface area contributed by atoms with Gasteiger partial charge in [-0.15, -0.1) is 0 Å². The van der Waals surface area contributed by atoms with Crippen LogP contribution >= 0.6 is 0 Å². The van der Waals surface area contributed by atoms with E-state index in [4.69, 9.17) is 11.0 Å². The first-order valence-electron chi connectivity index (χ1n) is 7.66. The molecule has 2 rings (SSSR count). The minimum Gasteiger partial charge on any atom is -0.369 e. The van der Waals surface area contributed by atoms with E-state index in [0.29, 0.717) is 0 Å². The topological polar surface area (TPSA) is 56.3 Å². The lowest BCUT2D eigenvalue weighted by Crippen LogP contribution is -2.48. The number of nitriles is 1. The average molecular weight is 286 g/mol. The second kappa shape index (κ2) is 6.46. The van der Waals surface area contributed by atoms with Crippen LogP contribution in [0.15, 0.2) is 18.2 Å². The van der Waals surface area contributed by atoms with Crippen molar-refractivity contribution in [2.75, 3.05) is 37.6 Å². The van der Waals surface area contributed by atoms with E-state index in [1.807, 2.05) is 0 Å². The molecule has 1 unspecified atom stereocenters. The van der Waals surface area contributed by atoms with Crippen molar-refractivity contribution in [3.05, 3.63) is 29.3 Å². The summed E-state index contributed by atoms with van der Waals surface area (Å²) < 4.78 is 0. The fraction of sp³-hybridized carbons (Fsp3) is 0.588. The van der Waals surface area contributed by atoms with Crippen LogP contribution in [0.4, 0.5) is 5.69 Å². The summed E-state index contributed by atoms with van der Waals surface area (Å²) in [7, 11) is 0. The SMILES string of the molecule is Cc1cccc(N2CCN(CCC(C)(N)C#N)CC2)c1C. The molecule has 114 valence electrons. The summed E-state index contributed by atoms with van der Waals surface area (Å²) in [5, 5.41) is 8.97. The summed E-state index contributed by atoms with van der Waals surface area (Å²) in [6.07, 6.45) is 0.729. The molecule has 1 saturated heterocycles. The lowest BCUT2D eigenvalue weighted by atomic mass is 10.0. The van der Waals surface area contributed by atoms with Crippen LogP contribution in [0.1, 0.15) is 24.5 Å². The van der Waals surface area contributed by atoms with Gasteiger partial charge in [-0.2, -0.15) is 5.26 Å². The van der Waals surface area contributed by atoms with Gasteiger partial charge in [0.05, 0.1) is 6.07 Å². The molecule has 4 nitrogen and oxygen atoms in total. The largest absolute Gasteiger partial charge is 0.369 e. The molecular weight excluding hydrogens is 260 g/mol. The quantitative estimate of drug-likeness (QED) is 0.920. The number of anilines is 1. The molecule has 0 amide bonds. The molecule has 0 radical (unpaired) electrons. The van der Waals surface area contributed by atoms with Gasteiger partial charge in [-0.05, 0) is 44.4 Å². The molecule has 1 aliphatic rings. The molecule has 1 atom stereocenters. The zero-order valence-corrected chi connectivity index (χ0v) is 13.4. The third-order valence-electron chi connectivity index (χ3n) is 4.49. The second-order valence-electron chi connectivity index (χ2n) is 6.33. The normalized spacial score (nSPS) is 19.1. The van der Waals surface area contributed by atoms with Gasteiger partial charge in [-0.1, -0.05) is 12.1 Å². The van der Waals surface area contributed by atoms with Crippen molar-refractivity contribution in [3.63, 3.8) is 0 Å². The molecule has 1 aromatic rings. The van der Waals surface area contributed by atoms with Gasteiger partial charge in [-0.3, -0.25) is 4.90 Å². The number of aryl methyl sites for hydroxylation is 1. The molecule has 4 heteroatoms. The number of hydrogen-bond acceptors (Lipinski definition) is 4. The Balaban J connectivity index is 1.89. The van der Waals surface area contributed by atoms with Crippen LogP contribution in [-0.2, 0) is 0 Å². The standard InChI is InChI=1S/C17H26N4/c1-14-5-4-6-16(15(14)2)21-11-9-20(10-12-21)8-7-17(3,19)13-18/h4-6H,7-12,19H2,1-3H3. The van der Waals surface area contributed by atoms with E-state index in [0.717, 1.165) is 39.1 Å². The van der Waals surface area contributed by atoms with Crippen molar-refractivity contribution in [2.24, 2.45) is 5.73 Å². The maximum Gasteiger partial charge on any atom is 0.102 e. The van der Waals surface area contributed by atoms with E-state index in [1.54, 1.807) is 6.92 Å². The highest BCUT2D eigenvalue weighted by Gasteiger charge is 2.22. The number of rotatable bonds is 4. The zero-order chi connectivity index (χ0) is 15.5. The van der Waals surface area contributed by atoms with Crippen molar-refractivity contribution >= 4 is 5.69 Å². The number of hydrogen-bond donors (Lipinski definition) is 1. The molecule has 1 aliphatic heterocycles. The third kappa shape index (κ3) is 3.96. The second-order valence-corrected chi connectivity index (χ2v) is 6.33. The third-order valence-corrected chi connectivity index (χ3v) is 4.49. The van der Waals surface area contributed by atoms with Crippen molar-refractivity contribution in [1.82, 2.24) is 4.90 Å². The van der Waals surface area contributed by atoms with Gasteiger partial charge in [0.15, 0.2) is 0 Å². The van der Waals surface area contributed by atoms with E-state index < -0.39 is 5.54 Å². The Morgan fingerprint density at radius 3 is 2.52 bits per heavy atom. The highest BCUT2D eigenvalue weighted by Crippen LogP contribution is 2.24. The maximum absolute atomic E-state index is 8.97. The fourth-order valence-corrected chi connectivity index (χ4v) is 2.74. The van der Waals surface area contributed by atoms with Crippen LogP contribution in [-0.4, -0.2) is 43.2 Å². The Morgan fingerprint density at radius 2 is 1.90 bits per heavy atom. The Hall–Kier alpha value is -1.57.